The van der Waals surface area contributed by atoms with E-state index in [0.29, 0.717) is 27.5 Å². The lowest BCUT2D eigenvalue weighted by Crippen LogP contribution is -2.34. The second-order valence-electron chi connectivity index (χ2n) is 8.27. The van der Waals surface area contributed by atoms with Gasteiger partial charge in [0.15, 0.2) is 5.11 Å². The van der Waals surface area contributed by atoms with Crippen LogP contribution in [0, 0.1) is 0 Å². The third-order valence-electron chi connectivity index (χ3n) is 4.75. The van der Waals surface area contributed by atoms with Crippen molar-refractivity contribution in [1.29, 1.82) is 0 Å². The van der Waals surface area contributed by atoms with E-state index >= 15 is 0 Å². The highest BCUT2D eigenvalue weighted by Gasteiger charge is 2.14. The molecule has 0 saturated heterocycles. The van der Waals surface area contributed by atoms with Gasteiger partial charge in [-0.25, -0.2) is 0 Å². The molecule has 0 spiro atoms. The summed E-state index contributed by atoms with van der Waals surface area (Å²) in [4.78, 5) is 24.7. The van der Waals surface area contributed by atoms with Gasteiger partial charge in [-0.1, -0.05) is 44.5 Å². The van der Waals surface area contributed by atoms with Crippen molar-refractivity contribution in [3.05, 3.63) is 94.5 Å². The molecule has 2 amide bonds. The molecule has 3 rings (SSSR count). The Hall–Kier alpha value is -3.22. The van der Waals surface area contributed by atoms with Gasteiger partial charge < -0.3 is 10.6 Å². The van der Waals surface area contributed by atoms with Gasteiger partial charge in [-0.2, -0.15) is 0 Å². The second-order valence-corrected chi connectivity index (χ2v) is 9.12. The Morgan fingerprint density at radius 1 is 0.719 bits per heavy atom. The smallest absolute Gasteiger partial charge is 0.257 e. The summed E-state index contributed by atoms with van der Waals surface area (Å²) in [6, 6.07) is 21.2. The van der Waals surface area contributed by atoms with E-state index < -0.39 is 0 Å². The zero-order chi connectivity index (χ0) is 23.3. The predicted molar refractivity (Wildman–Crippen MR) is 135 cm³/mol. The molecule has 5 nitrogen and oxygen atoms in total. The molecule has 0 aliphatic rings. The van der Waals surface area contributed by atoms with Crippen LogP contribution in [0.2, 0.25) is 5.02 Å². The number of amides is 2. The minimum absolute atomic E-state index is 0.0344. The van der Waals surface area contributed by atoms with Crippen molar-refractivity contribution in [2.45, 2.75) is 26.2 Å². The number of nitrogens with one attached hydrogen (secondary N) is 3. The van der Waals surface area contributed by atoms with Crippen LogP contribution in [0.3, 0.4) is 0 Å². The maximum Gasteiger partial charge on any atom is 0.257 e. The maximum atomic E-state index is 12.5. The molecule has 3 aromatic carbocycles. The molecule has 0 unspecified atom stereocenters. The Balaban J connectivity index is 1.55. The van der Waals surface area contributed by atoms with Crippen molar-refractivity contribution >= 4 is 52.1 Å². The normalized spacial score (nSPS) is 10.9. The minimum atomic E-state index is -0.333. The summed E-state index contributed by atoms with van der Waals surface area (Å²) in [5, 5.41) is 9.16. The van der Waals surface area contributed by atoms with Gasteiger partial charge in [0.25, 0.3) is 11.8 Å². The van der Waals surface area contributed by atoms with Crippen molar-refractivity contribution in [2.24, 2.45) is 0 Å². The van der Waals surface area contributed by atoms with Crippen molar-refractivity contribution < 1.29 is 9.59 Å². The molecule has 0 bridgehead atoms. The van der Waals surface area contributed by atoms with Crippen LogP contribution in [0.4, 0.5) is 11.4 Å². The fourth-order valence-electron chi connectivity index (χ4n) is 2.90. The fourth-order valence-corrected chi connectivity index (χ4v) is 3.24. The molecule has 0 aromatic heterocycles. The molecule has 0 aliphatic carbocycles. The van der Waals surface area contributed by atoms with Crippen LogP contribution in [0.15, 0.2) is 72.8 Å². The minimum Gasteiger partial charge on any atom is -0.332 e. The first-order valence-electron chi connectivity index (χ1n) is 10.0. The monoisotopic (exact) mass is 465 g/mol. The zero-order valence-electron chi connectivity index (χ0n) is 18.0. The van der Waals surface area contributed by atoms with E-state index in [9.17, 15) is 9.59 Å². The standard InChI is InChI=1S/C25H24ClN3O2S/c1-25(2,3)18-8-4-16(5-9-18)22(30)27-20-12-14-21(15-13-20)28-24(32)29-23(31)17-6-10-19(26)11-7-17/h4-15H,1-3H3,(H,27,30)(H2,28,29,31,32). The summed E-state index contributed by atoms with van der Waals surface area (Å²) in [6.45, 7) is 6.39. The van der Waals surface area contributed by atoms with Gasteiger partial charge in [-0.05, 0) is 83.9 Å². The number of halogens is 1. The predicted octanol–water partition coefficient (Wildman–Crippen LogP) is 6.02. The van der Waals surface area contributed by atoms with E-state index in [2.05, 4.69) is 36.7 Å². The van der Waals surface area contributed by atoms with Gasteiger partial charge in [-0.15, -0.1) is 0 Å². The largest absolute Gasteiger partial charge is 0.332 e. The van der Waals surface area contributed by atoms with Crippen molar-refractivity contribution in [2.75, 3.05) is 10.6 Å². The molecular formula is C25H24ClN3O2S. The van der Waals surface area contributed by atoms with Crippen LogP contribution in [0.5, 0.6) is 0 Å². The Morgan fingerprint density at radius 2 is 1.19 bits per heavy atom. The van der Waals surface area contributed by atoms with E-state index in [1.165, 1.54) is 5.56 Å². The number of hydrogen-bond donors (Lipinski definition) is 3. The molecule has 32 heavy (non-hydrogen) atoms. The molecule has 0 heterocycles. The molecular weight excluding hydrogens is 442 g/mol. The average molecular weight is 466 g/mol. The quantitative estimate of drug-likeness (QED) is 0.412. The molecule has 0 saturated carbocycles. The van der Waals surface area contributed by atoms with Crippen molar-refractivity contribution in [3.63, 3.8) is 0 Å². The summed E-state index contributed by atoms with van der Waals surface area (Å²) in [5.74, 6) is -0.516. The molecule has 3 N–H and O–H groups in total. The highest BCUT2D eigenvalue weighted by atomic mass is 35.5. The first kappa shape index (κ1) is 23.4. The van der Waals surface area contributed by atoms with Gasteiger partial charge in [0.2, 0.25) is 0 Å². The number of rotatable bonds is 4. The van der Waals surface area contributed by atoms with E-state index in [-0.39, 0.29) is 22.3 Å². The number of benzene rings is 3. The van der Waals surface area contributed by atoms with Crippen LogP contribution in [-0.2, 0) is 5.41 Å². The number of carbonyl (C=O) groups is 2. The lowest BCUT2D eigenvalue weighted by Gasteiger charge is -2.19. The maximum absolute atomic E-state index is 12.5. The summed E-state index contributed by atoms with van der Waals surface area (Å²) in [6.07, 6.45) is 0. The fraction of sp³-hybridized carbons (Fsp3) is 0.160. The van der Waals surface area contributed by atoms with Gasteiger partial charge in [-0.3, -0.25) is 14.9 Å². The molecule has 164 valence electrons. The molecule has 0 radical (unpaired) electrons. The molecule has 7 heteroatoms. The number of thiocarbonyl (C=S) groups is 1. The highest BCUT2D eigenvalue weighted by molar-refractivity contribution is 7.80. The Kier molecular flexibility index (Phi) is 7.28. The highest BCUT2D eigenvalue weighted by Crippen LogP contribution is 2.22. The lowest BCUT2D eigenvalue weighted by molar-refractivity contribution is 0.0976. The van der Waals surface area contributed by atoms with E-state index in [0.717, 1.165) is 0 Å². The first-order valence-corrected chi connectivity index (χ1v) is 10.8. The number of hydrogen-bond acceptors (Lipinski definition) is 3. The van der Waals surface area contributed by atoms with Crippen LogP contribution >= 0.6 is 23.8 Å². The van der Waals surface area contributed by atoms with E-state index in [1.807, 2.05) is 24.3 Å². The van der Waals surface area contributed by atoms with Gasteiger partial charge in [0.1, 0.15) is 0 Å². The number of anilines is 2. The Bertz CT molecular complexity index is 1120. The summed E-state index contributed by atoms with van der Waals surface area (Å²) < 4.78 is 0. The van der Waals surface area contributed by atoms with E-state index in [1.54, 1.807) is 48.5 Å². The van der Waals surface area contributed by atoms with Crippen molar-refractivity contribution in [3.8, 4) is 0 Å². The Labute approximate surface area is 198 Å². The third-order valence-corrected chi connectivity index (χ3v) is 5.20. The van der Waals surface area contributed by atoms with Crippen LogP contribution in [0.1, 0.15) is 47.1 Å². The van der Waals surface area contributed by atoms with Crippen LogP contribution < -0.4 is 16.0 Å². The molecule has 3 aromatic rings. The van der Waals surface area contributed by atoms with Gasteiger partial charge in [0, 0.05) is 27.5 Å². The van der Waals surface area contributed by atoms with Gasteiger partial charge >= 0.3 is 0 Å². The topological polar surface area (TPSA) is 70.2 Å². The second kappa shape index (κ2) is 9.94. The van der Waals surface area contributed by atoms with E-state index in [4.69, 9.17) is 23.8 Å². The van der Waals surface area contributed by atoms with Crippen LogP contribution in [0.25, 0.3) is 0 Å². The summed E-state index contributed by atoms with van der Waals surface area (Å²) >= 11 is 11.0. The molecule has 0 atom stereocenters. The molecule has 0 aliphatic heterocycles. The zero-order valence-corrected chi connectivity index (χ0v) is 19.6. The first-order chi connectivity index (χ1) is 15.1. The van der Waals surface area contributed by atoms with Crippen LogP contribution in [-0.4, -0.2) is 16.9 Å². The van der Waals surface area contributed by atoms with Gasteiger partial charge in [0.05, 0.1) is 0 Å². The summed E-state index contributed by atoms with van der Waals surface area (Å²) in [5.41, 5.74) is 3.57. The average Bonchev–Trinajstić information content (AvgIpc) is 2.75. The third kappa shape index (κ3) is 6.39. The Morgan fingerprint density at radius 3 is 1.72 bits per heavy atom. The lowest BCUT2D eigenvalue weighted by atomic mass is 9.87. The SMILES string of the molecule is CC(C)(C)c1ccc(C(=O)Nc2ccc(NC(=S)NC(=O)c3ccc(Cl)cc3)cc2)cc1. The van der Waals surface area contributed by atoms with Crippen molar-refractivity contribution in [1.82, 2.24) is 5.32 Å². The summed E-state index contributed by atoms with van der Waals surface area (Å²) in [7, 11) is 0. The number of carbonyl (C=O) groups excluding carboxylic acids is 2. The molecule has 0 fully saturated rings.